The van der Waals surface area contributed by atoms with Crippen LogP contribution in [0.4, 0.5) is 9.18 Å². The Balaban J connectivity index is 1.82. The van der Waals surface area contributed by atoms with Crippen molar-refractivity contribution in [2.45, 2.75) is 40.3 Å². The third-order valence-electron chi connectivity index (χ3n) is 5.03. The Morgan fingerprint density at radius 3 is 2.21 bits per heavy atom. The van der Waals surface area contributed by atoms with Crippen LogP contribution in [0.5, 0.6) is 0 Å². The monoisotopic (exact) mass is 399 g/mol. The molecule has 2 heterocycles. The van der Waals surface area contributed by atoms with Gasteiger partial charge in [-0.1, -0.05) is 12.1 Å². The van der Waals surface area contributed by atoms with E-state index in [2.05, 4.69) is 0 Å². The molecule has 1 aromatic carbocycles. The van der Waals surface area contributed by atoms with E-state index in [1.54, 1.807) is 39.0 Å². The molecule has 7 nitrogen and oxygen atoms in total. The molecule has 0 N–H and O–H groups in total. The Bertz CT molecular complexity index is 1010. The van der Waals surface area contributed by atoms with Crippen molar-refractivity contribution in [1.29, 1.82) is 0 Å². The molecule has 1 saturated heterocycles. The summed E-state index contributed by atoms with van der Waals surface area (Å²) in [4.78, 5) is 50.9. The number of halogens is 1. The number of ketones is 1. The Morgan fingerprint density at radius 2 is 1.66 bits per heavy atom. The van der Waals surface area contributed by atoms with Gasteiger partial charge in [-0.25, -0.2) is 14.1 Å². The quantitative estimate of drug-likeness (QED) is 0.425. The van der Waals surface area contributed by atoms with Gasteiger partial charge in [0.2, 0.25) is 0 Å². The van der Waals surface area contributed by atoms with Crippen molar-refractivity contribution in [1.82, 2.24) is 14.4 Å². The summed E-state index contributed by atoms with van der Waals surface area (Å²) in [7, 11) is 0. The largest absolute Gasteiger partial charge is 0.344 e. The lowest BCUT2D eigenvalue weighted by Crippen LogP contribution is -2.39. The maximum atomic E-state index is 13.1. The molecule has 2 aromatic rings. The number of aromatic nitrogens is 1. The smallest absolute Gasteiger partial charge is 0.334 e. The van der Waals surface area contributed by atoms with Gasteiger partial charge in [-0.3, -0.25) is 19.3 Å². The van der Waals surface area contributed by atoms with Gasteiger partial charge < -0.3 is 4.57 Å². The van der Waals surface area contributed by atoms with Gasteiger partial charge in [0.25, 0.3) is 0 Å². The number of carbonyl (C=O) groups is 4. The molecule has 29 heavy (non-hydrogen) atoms. The molecule has 152 valence electrons. The average Bonchev–Trinajstić information content (AvgIpc) is 3.05. The molecule has 4 amide bonds. The van der Waals surface area contributed by atoms with Crippen molar-refractivity contribution in [3.63, 3.8) is 0 Å². The van der Waals surface area contributed by atoms with E-state index in [1.165, 1.54) is 12.1 Å². The number of carbonyl (C=O) groups excluding carboxylic acids is 4. The summed E-state index contributed by atoms with van der Waals surface area (Å²) < 4.78 is 15.0. The first-order valence-electron chi connectivity index (χ1n) is 9.25. The molecule has 1 aliphatic heterocycles. The number of rotatable bonds is 6. The molecule has 0 spiro atoms. The third kappa shape index (κ3) is 3.70. The first-order chi connectivity index (χ1) is 13.6. The van der Waals surface area contributed by atoms with E-state index in [9.17, 15) is 23.6 Å². The Morgan fingerprint density at radius 1 is 1.03 bits per heavy atom. The minimum absolute atomic E-state index is 0.324. The molecule has 0 radical (unpaired) electrons. The maximum Gasteiger partial charge on any atom is 0.334 e. The number of imide groups is 2. The van der Waals surface area contributed by atoms with E-state index < -0.39 is 36.2 Å². The van der Waals surface area contributed by atoms with Crippen molar-refractivity contribution in [3.05, 3.63) is 58.7 Å². The topological polar surface area (TPSA) is 79.7 Å². The van der Waals surface area contributed by atoms with Crippen LogP contribution in [0.25, 0.3) is 0 Å². The van der Waals surface area contributed by atoms with E-state index >= 15 is 0 Å². The van der Waals surface area contributed by atoms with Crippen molar-refractivity contribution in [3.8, 4) is 0 Å². The second-order valence-electron chi connectivity index (χ2n) is 7.36. The van der Waals surface area contributed by atoms with Crippen molar-refractivity contribution in [2.75, 3.05) is 6.54 Å². The van der Waals surface area contributed by atoms with Gasteiger partial charge in [0.05, 0.1) is 6.54 Å². The van der Waals surface area contributed by atoms with E-state index in [0.717, 1.165) is 16.2 Å². The maximum absolute atomic E-state index is 13.1. The van der Waals surface area contributed by atoms with Crippen molar-refractivity contribution < 1.29 is 23.6 Å². The van der Waals surface area contributed by atoms with E-state index in [1.807, 2.05) is 11.5 Å². The number of amides is 4. The predicted octanol–water partition coefficient (Wildman–Crippen LogP) is 2.67. The Hall–Kier alpha value is -3.29. The lowest BCUT2D eigenvalue weighted by Gasteiger charge is -2.18. The van der Waals surface area contributed by atoms with E-state index in [4.69, 9.17) is 0 Å². The lowest BCUT2D eigenvalue weighted by molar-refractivity contribution is -0.143. The first-order valence-corrected chi connectivity index (χ1v) is 9.25. The van der Waals surface area contributed by atoms with Crippen LogP contribution in [0, 0.1) is 19.7 Å². The number of benzene rings is 1. The molecule has 1 fully saturated rings. The molecular formula is C21H22FN3O4. The van der Waals surface area contributed by atoms with Crippen LogP contribution in [0.1, 0.15) is 41.2 Å². The zero-order chi connectivity index (χ0) is 21.5. The summed E-state index contributed by atoms with van der Waals surface area (Å²) in [5, 5.41) is 0. The second kappa shape index (κ2) is 7.62. The zero-order valence-corrected chi connectivity index (χ0v) is 16.7. The SMILES string of the molecule is Cc1cc(C(=O)CN2C(=O)C(=O)N(C(C)C)C2=O)c(C)n1Cc1ccc(F)cc1. The number of urea groups is 1. The van der Waals surface area contributed by atoms with Crippen LogP contribution in [-0.2, 0) is 16.1 Å². The van der Waals surface area contributed by atoms with Gasteiger partial charge in [-0.15, -0.1) is 0 Å². The van der Waals surface area contributed by atoms with Crippen LogP contribution >= 0.6 is 0 Å². The van der Waals surface area contributed by atoms with Crippen LogP contribution in [0.3, 0.4) is 0 Å². The second-order valence-corrected chi connectivity index (χ2v) is 7.36. The van der Waals surface area contributed by atoms with Crippen molar-refractivity contribution in [2.24, 2.45) is 0 Å². The summed E-state index contributed by atoms with van der Waals surface area (Å²) in [6.07, 6.45) is 0. The number of aryl methyl sites for hydroxylation is 1. The highest BCUT2D eigenvalue weighted by molar-refractivity contribution is 6.45. The fraction of sp³-hybridized carbons (Fsp3) is 0.333. The van der Waals surface area contributed by atoms with Crippen LogP contribution in [0.2, 0.25) is 0 Å². The minimum Gasteiger partial charge on any atom is -0.344 e. The molecule has 1 aliphatic rings. The Labute approximate surface area is 167 Å². The third-order valence-corrected chi connectivity index (χ3v) is 5.03. The fourth-order valence-corrected chi connectivity index (χ4v) is 3.44. The standard InChI is InChI=1S/C21H22FN3O4/c1-12(2)25-20(28)19(27)24(21(25)29)11-18(26)17-9-13(3)23(14(17)4)10-15-5-7-16(22)8-6-15/h5-9,12H,10-11H2,1-4H3. The average molecular weight is 399 g/mol. The molecule has 0 unspecified atom stereocenters. The van der Waals surface area contributed by atoms with Gasteiger partial charge in [-0.05, 0) is 51.5 Å². The molecule has 3 rings (SSSR count). The molecule has 0 aliphatic carbocycles. The number of hydrogen-bond acceptors (Lipinski definition) is 4. The number of Topliss-reactive ketones (excluding diaryl/α,β-unsaturated/α-hetero) is 1. The molecule has 0 bridgehead atoms. The molecular weight excluding hydrogens is 377 g/mol. The van der Waals surface area contributed by atoms with Gasteiger partial charge in [0.1, 0.15) is 5.82 Å². The fourth-order valence-electron chi connectivity index (χ4n) is 3.44. The Kier molecular flexibility index (Phi) is 5.37. The summed E-state index contributed by atoms with van der Waals surface area (Å²) in [6, 6.07) is 6.53. The number of hydrogen-bond donors (Lipinski definition) is 0. The van der Waals surface area contributed by atoms with E-state index in [0.29, 0.717) is 22.7 Å². The van der Waals surface area contributed by atoms with Crippen molar-refractivity contribution >= 4 is 23.6 Å². The summed E-state index contributed by atoms with van der Waals surface area (Å²) in [5.41, 5.74) is 2.73. The molecule has 1 aromatic heterocycles. The molecule has 0 atom stereocenters. The highest BCUT2D eigenvalue weighted by Gasteiger charge is 2.46. The molecule has 0 saturated carbocycles. The van der Waals surface area contributed by atoms with Crippen LogP contribution in [0.15, 0.2) is 30.3 Å². The van der Waals surface area contributed by atoms with Crippen LogP contribution in [-0.4, -0.2) is 50.6 Å². The number of nitrogens with zero attached hydrogens (tertiary/aromatic N) is 3. The summed E-state index contributed by atoms with van der Waals surface area (Å²) in [5.74, 6) is -2.66. The summed E-state index contributed by atoms with van der Waals surface area (Å²) >= 11 is 0. The first kappa shape index (κ1) is 20.4. The van der Waals surface area contributed by atoms with Gasteiger partial charge in [0.15, 0.2) is 5.78 Å². The highest BCUT2D eigenvalue weighted by Crippen LogP contribution is 2.21. The molecule has 8 heteroatoms. The lowest BCUT2D eigenvalue weighted by atomic mass is 10.1. The normalized spacial score (nSPS) is 14.5. The summed E-state index contributed by atoms with van der Waals surface area (Å²) in [6.45, 7) is 6.81. The highest BCUT2D eigenvalue weighted by atomic mass is 19.1. The van der Waals surface area contributed by atoms with Gasteiger partial charge >= 0.3 is 17.8 Å². The van der Waals surface area contributed by atoms with Crippen LogP contribution < -0.4 is 0 Å². The predicted molar refractivity (Wildman–Crippen MR) is 103 cm³/mol. The minimum atomic E-state index is -0.989. The van der Waals surface area contributed by atoms with Gasteiger partial charge in [-0.2, -0.15) is 0 Å². The van der Waals surface area contributed by atoms with E-state index in [-0.39, 0.29) is 5.82 Å². The zero-order valence-electron chi connectivity index (χ0n) is 16.7. The van der Waals surface area contributed by atoms with Gasteiger partial charge in [0, 0.05) is 29.5 Å².